The molecule has 0 bridgehead atoms. The van der Waals surface area contributed by atoms with E-state index in [-0.39, 0.29) is 47.9 Å². The summed E-state index contributed by atoms with van der Waals surface area (Å²) >= 11 is 0. The molecule has 0 atom stereocenters. The zero-order chi connectivity index (χ0) is 33.9. The molecule has 5 heteroatoms. The molecule has 0 spiro atoms. The molecule has 0 fully saturated rings. The van der Waals surface area contributed by atoms with Crippen molar-refractivity contribution in [3.8, 4) is 22.4 Å². The first-order valence-corrected chi connectivity index (χ1v) is 17.1. The third-order valence-corrected chi connectivity index (χ3v) is 10.5. The quantitative estimate of drug-likeness (QED) is 0.109. The number of hydrogen-bond donors (Lipinski definition) is 1. The Morgan fingerprint density at radius 1 is 0.830 bits per heavy atom. The molecule has 1 aliphatic rings. The van der Waals surface area contributed by atoms with E-state index in [4.69, 9.17) is 4.98 Å². The Balaban J connectivity index is 0.000000290. The largest absolute Gasteiger partial charge is 0.512 e. The second kappa shape index (κ2) is 15.4. The maximum absolute atomic E-state index is 12.2. The molecule has 5 rings (SSSR count). The first kappa shape index (κ1) is 38.3. The fourth-order valence-electron chi connectivity index (χ4n) is 6.09. The molecule has 1 aliphatic carbocycles. The molecular weight excluding hydrogens is 757 g/mol. The first-order valence-electron chi connectivity index (χ1n) is 17.1. The number of ketones is 1. The Morgan fingerprint density at radius 2 is 1.45 bits per heavy atom. The van der Waals surface area contributed by atoms with Crippen molar-refractivity contribution in [2.75, 3.05) is 0 Å². The Hall–Kier alpha value is -3.14. The van der Waals surface area contributed by atoms with Gasteiger partial charge in [-0.1, -0.05) is 97.5 Å². The predicted molar refractivity (Wildman–Crippen MR) is 193 cm³/mol. The van der Waals surface area contributed by atoms with Gasteiger partial charge in [0.15, 0.2) is 5.78 Å². The first-order chi connectivity index (χ1) is 21.7. The molecule has 0 aliphatic heterocycles. The van der Waals surface area contributed by atoms with Crippen molar-refractivity contribution in [2.45, 2.75) is 113 Å². The summed E-state index contributed by atoms with van der Waals surface area (Å²) in [4.78, 5) is 21.6. The van der Waals surface area contributed by atoms with Gasteiger partial charge in [-0.3, -0.25) is 14.8 Å². The van der Waals surface area contributed by atoms with Crippen molar-refractivity contribution in [1.29, 1.82) is 0 Å². The number of aliphatic hydroxyl groups excluding tert-OH is 1. The standard InChI is InChI=1S/C27H25N2.C15H28O2.Ir/c1-17-11-19-9-10-20-15-29-26(14-23(20)24(19)16-28-17)21-12-18-7-5-6-8-22(18)25(13-21)27(2,3)4;1-7-14(5,8-2)12(16)11-13(17)15(6,9-3)10-4;/h5-8,11,13-16H,9-10H2,1-4H3;11,16H,7-10H2,1-6H3;/q-1;;/b;12-11-;. The summed E-state index contributed by atoms with van der Waals surface area (Å²) in [6.07, 6.45) is 10.9. The van der Waals surface area contributed by atoms with Crippen LogP contribution in [0.1, 0.15) is 110 Å². The fourth-order valence-corrected chi connectivity index (χ4v) is 6.09. The molecule has 47 heavy (non-hydrogen) atoms. The van der Waals surface area contributed by atoms with E-state index in [1.165, 1.54) is 39.3 Å². The van der Waals surface area contributed by atoms with E-state index in [1.54, 1.807) is 0 Å². The van der Waals surface area contributed by atoms with Crippen LogP contribution >= 0.6 is 0 Å². The number of aliphatic hydroxyl groups is 1. The molecule has 1 N–H and O–H groups in total. The Labute approximate surface area is 296 Å². The van der Waals surface area contributed by atoms with Gasteiger partial charge in [0.1, 0.15) is 5.76 Å². The van der Waals surface area contributed by atoms with Crippen molar-refractivity contribution in [3.63, 3.8) is 0 Å². The van der Waals surface area contributed by atoms with Crippen LogP contribution in [0.15, 0.2) is 66.7 Å². The zero-order valence-corrected chi connectivity index (χ0v) is 32.5. The van der Waals surface area contributed by atoms with Gasteiger partial charge < -0.3 is 5.11 Å². The van der Waals surface area contributed by atoms with Gasteiger partial charge in [0.25, 0.3) is 0 Å². The van der Waals surface area contributed by atoms with Crippen LogP contribution in [0.3, 0.4) is 0 Å². The number of fused-ring (bicyclic) bond motifs is 4. The number of rotatable bonds is 8. The summed E-state index contributed by atoms with van der Waals surface area (Å²) in [6.45, 7) is 20.9. The molecule has 0 saturated carbocycles. The van der Waals surface area contributed by atoms with Crippen LogP contribution in [0.25, 0.3) is 33.2 Å². The van der Waals surface area contributed by atoms with Crippen molar-refractivity contribution in [2.24, 2.45) is 10.8 Å². The summed E-state index contributed by atoms with van der Waals surface area (Å²) in [5.74, 6) is 0.286. The molecule has 2 aromatic heterocycles. The van der Waals surface area contributed by atoms with Gasteiger partial charge in [-0.25, -0.2) is 0 Å². The van der Waals surface area contributed by atoms with Crippen LogP contribution in [-0.4, -0.2) is 20.9 Å². The normalized spacial score (nSPS) is 13.2. The number of pyridine rings is 2. The summed E-state index contributed by atoms with van der Waals surface area (Å²) in [5.41, 5.74) is 9.11. The van der Waals surface area contributed by atoms with Crippen LogP contribution in [0.2, 0.25) is 0 Å². The van der Waals surface area contributed by atoms with Crippen molar-refractivity contribution in [3.05, 3.63) is 95.1 Å². The predicted octanol–water partition coefficient (Wildman–Crippen LogP) is 11.1. The second-order valence-electron chi connectivity index (χ2n) is 14.5. The molecule has 2 heterocycles. The summed E-state index contributed by atoms with van der Waals surface area (Å²) in [6, 6.07) is 18.9. The van der Waals surface area contributed by atoms with Crippen LogP contribution in [0, 0.1) is 23.8 Å². The molecule has 0 unspecified atom stereocenters. The number of hydrogen-bond acceptors (Lipinski definition) is 4. The summed E-state index contributed by atoms with van der Waals surface area (Å²) < 4.78 is 0. The van der Waals surface area contributed by atoms with Gasteiger partial charge >= 0.3 is 0 Å². The molecule has 1 radical (unpaired) electrons. The van der Waals surface area contributed by atoms with E-state index in [9.17, 15) is 9.90 Å². The van der Waals surface area contributed by atoms with E-state index in [2.05, 4.69) is 81.2 Å². The number of aryl methyl sites for hydroxylation is 3. The Bertz CT molecular complexity index is 1740. The average Bonchev–Trinajstić information content (AvgIpc) is 3.06. The molecule has 4 nitrogen and oxygen atoms in total. The minimum Gasteiger partial charge on any atom is -0.512 e. The van der Waals surface area contributed by atoms with E-state index < -0.39 is 0 Å². The van der Waals surface area contributed by atoms with E-state index in [0.29, 0.717) is 0 Å². The van der Waals surface area contributed by atoms with Crippen molar-refractivity contribution >= 4 is 16.6 Å². The number of carbonyl (C=O) groups excluding carboxylic acids is 1. The number of aromatic nitrogens is 2. The molecular formula is C42H53IrN2O2-. The van der Waals surface area contributed by atoms with Crippen LogP contribution in [0.4, 0.5) is 0 Å². The van der Waals surface area contributed by atoms with E-state index >= 15 is 0 Å². The van der Waals surface area contributed by atoms with Crippen molar-refractivity contribution < 1.29 is 30.0 Å². The molecule has 253 valence electrons. The maximum atomic E-state index is 12.2. The van der Waals surface area contributed by atoms with Crippen LogP contribution in [0.5, 0.6) is 0 Å². The number of benzene rings is 2. The molecule has 0 amide bonds. The van der Waals surface area contributed by atoms with E-state index in [1.807, 2.05) is 53.9 Å². The van der Waals surface area contributed by atoms with Gasteiger partial charge in [0, 0.05) is 66.4 Å². The SMILES string of the molecule is CCC(C)(CC)C(=O)/C=C(\O)C(C)(CC)CC.Cc1cc2c(cn1)-c1cc(-c3[c-]c4ccccc4c(C(C)(C)C)c3)ncc1CC2.[Ir]. The third-order valence-electron chi connectivity index (χ3n) is 10.5. The number of allylic oxidation sites excluding steroid dienone is 2. The maximum Gasteiger partial charge on any atom is 0.164 e. The monoisotopic (exact) mass is 810 g/mol. The Morgan fingerprint density at radius 3 is 2.06 bits per heavy atom. The smallest absolute Gasteiger partial charge is 0.164 e. The van der Waals surface area contributed by atoms with Gasteiger partial charge in [-0.05, 0) is 73.6 Å². The average molecular weight is 810 g/mol. The second-order valence-corrected chi connectivity index (χ2v) is 14.5. The molecule has 0 saturated heterocycles. The topological polar surface area (TPSA) is 63.1 Å². The van der Waals surface area contributed by atoms with Crippen LogP contribution < -0.4 is 0 Å². The molecule has 2 aromatic carbocycles. The van der Waals surface area contributed by atoms with Crippen molar-refractivity contribution in [1.82, 2.24) is 9.97 Å². The molecule has 4 aromatic rings. The van der Waals surface area contributed by atoms with Crippen LogP contribution in [-0.2, 0) is 43.2 Å². The number of carbonyl (C=O) groups is 1. The van der Waals surface area contributed by atoms with Gasteiger partial charge in [-0.2, -0.15) is 0 Å². The zero-order valence-electron chi connectivity index (χ0n) is 30.1. The summed E-state index contributed by atoms with van der Waals surface area (Å²) in [5, 5.41) is 12.5. The summed E-state index contributed by atoms with van der Waals surface area (Å²) in [7, 11) is 0. The fraction of sp³-hybridized carbons (Fsp3) is 0.452. The number of nitrogens with zero attached hydrogens (tertiary/aromatic N) is 2. The van der Waals surface area contributed by atoms with Gasteiger partial charge in [-0.15, -0.1) is 29.1 Å². The third kappa shape index (κ3) is 8.30. The minimum atomic E-state index is -0.337. The van der Waals surface area contributed by atoms with E-state index in [0.717, 1.165) is 60.9 Å². The van der Waals surface area contributed by atoms with Gasteiger partial charge in [0.05, 0.1) is 0 Å². The minimum absolute atomic E-state index is 0. The van der Waals surface area contributed by atoms with Gasteiger partial charge in [0.2, 0.25) is 0 Å². The Kier molecular flexibility index (Phi) is 12.5.